The lowest BCUT2D eigenvalue weighted by Gasteiger charge is -2.26. The molecule has 3 aromatic rings. The zero-order valence-electron chi connectivity index (χ0n) is 14.6. The molecule has 7 heteroatoms. The Hall–Kier alpha value is -2.51. The number of hydrogen-bond donors (Lipinski definition) is 1. The van der Waals surface area contributed by atoms with Gasteiger partial charge in [-0.3, -0.25) is 9.69 Å². The Morgan fingerprint density at radius 3 is 3.00 bits per heavy atom. The van der Waals surface area contributed by atoms with E-state index in [1.807, 2.05) is 54.8 Å². The third kappa shape index (κ3) is 3.68. The van der Waals surface area contributed by atoms with Crippen LogP contribution in [-0.4, -0.2) is 38.9 Å². The van der Waals surface area contributed by atoms with Crippen LogP contribution in [0, 0.1) is 0 Å². The van der Waals surface area contributed by atoms with Crippen molar-refractivity contribution in [1.29, 1.82) is 0 Å². The van der Waals surface area contributed by atoms with Gasteiger partial charge in [-0.05, 0) is 42.5 Å². The molecule has 1 aliphatic heterocycles. The van der Waals surface area contributed by atoms with Crippen LogP contribution in [0.3, 0.4) is 0 Å². The first-order valence-electron chi connectivity index (χ1n) is 8.73. The molecule has 2 aromatic heterocycles. The zero-order chi connectivity index (χ0) is 17.9. The van der Waals surface area contributed by atoms with Crippen LogP contribution in [0.15, 0.2) is 48.0 Å². The summed E-state index contributed by atoms with van der Waals surface area (Å²) in [5.41, 5.74) is 3.05. The second-order valence-electron chi connectivity index (χ2n) is 6.54. The van der Waals surface area contributed by atoms with E-state index in [0.717, 1.165) is 30.9 Å². The van der Waals surface area contributed by atoms with Gasteiger partial charge in [0.1, 0.15) is 5.69 Å². The van der Waals surface area contributed by atoms with E-state index < -0.39 is 0 Å². The lowest BCUT2D eigenvalue weighted by atomic mass is 10.1. The van der Waals surface area contributed by atoms with Gasteiger partial charge in [0.05, 0.1) is 24.5 Å². The first-order chi connectivity index (χ1) is 12.7. The summed E-state index contributed by atoms with van der Waals surface area (Å²) in [5, 5.41) is 13.5. The Morgan fingerprint density at radius 2 is 2.15 bits per heavy atom. The summed E-state index contributed by atoms with van der Waals surface area (Å²) in [6, 6.07) is 11.8. The van der Waals surface area contributed by atoms with Crippen LogP contribution in [0.4, 0.5) is 0 Å². The van der Waals surface area contributed by atoms with Gasteiger partial charge >= 0.3 is 0 Å². The second kappa shape index (κ2) is 7.39. The maximum atomic E-state index is 12.4. The van der Waals surface area contributed by atoms with E-state index >= 15 is 0 Å². The number of carbonyl (C=O) groups excluding carboxylic acids is 1. The number of hydrogen-bond acceptors (Lipinski definition) is 5. The van der Waals surface area contributed by atoms with E-state index in [9.17, 15) is 4.79 Å². The summed E-state index contributed by atoms with van der Waals surface area (Å²) in [6.45, 7) is 4.13. The molecule has 0 aliphatic carbocycles. The molecule has 0 saturated carbocycles. The number of aromatic nitrogens is 3. The Labute approximate surface area is 156 Å². The van der Waals surface area contributed by atoms with Gasteiger partial charge in [0.25, 0.3) is 0 Å². The number of benzene rings is 1. The molecule has 1 amide bonds. The van der Waals surface area contributed by atoms with Crippen LogP contribution in [0.25, 0.3) is 5.69 Å². The van der Waals surface area contributed by atoms with Gasteiger partial charge in [0.2, 0.25) is 5.91 Å². The summed E-state index contributed by atoms with van der Waals surface area (Å²) in [6.07, 6.45) is 2.89. The molecule has 6 nitrogen and oxygen atoms in total. The Morgan fingerprint density at radius 1 is 1.31 bits per heavy atom. The number of para-hydroxylation sites is 1. The average Bonchev–Trinajstić information content (AvgIpc) is 3.31. The van der Waals surface area contributed by atoms with E-state index in [2.05, 4.69) is 32.0 Å². The number of fused-ring (bicyclic) bond motifs is 1. The van der Waals surface area contributed by atoms with Gasteiger partial charge in [-0.2, -0.15) is 0 Å². The molecule has 26 heavy (non-hydrogen) atoms. The minimum Gasteiger partial charge on any atom is -0.347 e. The van der Waals surface area contributed by atoms with E-state index in [1.54, 1.807) is 4.68 Å². The lowest BCUT2D eigenvalue weighted by Crippen LogP contribution is -2.40. The van der Waals surface area contributed by atoms with Crippen molar-refractivity contribution in [3.8, 4) is 5.69 Å². The second-order valence-corrected chi connectivity index (χ2v) is 7.54. The molecule has 0 unspecified atom stereocenters. The largest absolute Gasteiger partial charge is 0.347 e. The standard InChI is InChI=1S/C19H21N5OS/c1-14(17-12-24(22-21-17)16-5-3-2-4-6-16)20-19(25)13-23-9-7-18-15(11-23)8-10-26-18/h2-6,8,10,12,14H,7,9,11,13H2,1H3,(H,20,25)/t14-/m0/s1. The molecule has 4 rings (SSSR count). The number of nitrogens with one attached hydrogen (secondary N) is 1. The molecule has 1 atom stereocenters. The first-order valence-corrected chi connectivity index (χ1v) is 9.61. The smallest absolute Gasteiger partial charge is 0.234 e. The van der Waals surface area contributed by atoms with Gasteiger partial charge in [-0.15, -0.1) is 16.4 Å². The highest BCUT2D eigenvalue weighted by Crippen LogP contribution is 2.23. The fraction of sp³-hybridized carbons (Fsp3) is 0.316. The molecule has 0 bridgehead atoms. The molecule has 0 spiro atoms. The third-order valence-corrected chi connectivity index (χ3v) is 5.63. The van der Waals surface area contributed by atoms with Gasteiger partial charge in [0, 0.05) is 18.0 Å². The average molecular weight is 367 g/mol. The van der Waals surface area contributed by atoms with Gasteiger partial charge in [-0.1, -0.05) is 23.4 Å². The summed E-state index contributed by atoms with van der Waals surface area (Å²) in [7, 11) is 0. The van der Waals surface area contributed by atoms with Crippen LogP contribution < -0.4 is 5.32 Å². The normalized spacial score (nSPS) is 15.4. The maximum absolute atomic E-state index is 12.4. The van der Waals surface area contributed by atoms with Crippen molar-refractivity contribution in [2.24, 2.45) is 0 Å². The SMILES string of the molecule is C[C@H](NC(=O)CN1CCc2sccc2C1)c1cn(-c2ccccc2)nn1. The number of nitrogens with zero attached hydrogens (tertiary/aromatic N) is 4. The number of carbonyl (C=O) groups is 1. The van der Waals surface area contributed by atoms with Gasteiger partial charge < -0.3 is 5.32 Å². The van der Waals surface area contributed by atoms with Crippen LogP contribution in [0.5, 0.6) is 0 Å². The molecule has 0 radical (unpaired) electrons. The Balaban J connectivity index is 1.34. The highest BCUT2D eigenvalue weighted by atomic mass is 32.1. The summed E-state index contributed by atoms with van der Waals surface area (Å²) in [5.74, 6) is 0.0189. The molecule has 1 N–H and O–H groups in total. The molecular formula is C19H21N5OS. The molecular weight excluding hydrogens is 346 g/mol. The number of rotatable bonds is 5. The quantitative estimate of drug-likeness (QED) is 0.753. The minimum atomic E-state index is -0.179. The van der Waals surface area contributed by atoms with E-state index in [4.69, 9.17) is 0 Å². The molecule has 3 heterocycles. The van der Waals surface area contributed by atoms with Crippen LogP contribution in [0.1, 0.15) is 29.1 Å². The fourth-order valence-electron chi connectivity index (χ4n) is 3.19. The fourth-order valence-corrected chi connectivity index (χ4v) is 4.08. The van der Waals surface area contributed by atoms with E-state index in [1.165, 1.54) is 10.4 Å². The zero-order valence-corrected chi connectivity index (χ0v) is 15.4. The van der Waals surface area contributed by atoms with Crippen molar-refractivity contribution in [2.45, 2.75) is 25.9 Å². The molecule has 1 aliphatic rings. The lowest BCUT2D eigenvalue weighted by molar-refractivity contribution is -0.123. The van der Waals surface area contributed by atoms with Crippen molar-refractivity contribution in [1.82, 2.24) is 25.2 Å². The molecule has 1 aromatic carbocycles. The third-order valence-electron chi connectivity index (χ3n) is 4.61. The predicted octanol–water partition coefficient (Wildman–Crippen LogP) is 2.56. The van der Waals surface area contributed by atoms with Crippen LogP contribution in [-0.2, 0) is 17.8 Å². The van der Waals surface area contributed by atoms with Crippen molar-refractivity contribution in [3.63, 3.8) is 0 Å². The summed E-state index contributed by atoms with van der Waals surface area (Å²) >= 11 is 1.81. The van der Waals surface area contributed by atoms with Crippen molar-refractivity contribution < 1.29 is 4.79 Å². The summed E-state index contributed by atoms with van der Waals surface area (Å²) in [4.78, 5) is 16.1. The molecule has 0 fully saturated rings. The summed E-state index contributed by atoms with van der Waals surface area (Å²) < 4.78 is 1.72. The van der Waals surface area contributed by atoms with Crippen LogP contribution >= 0.6 is 11.3 Å². The Kier molecular flexibility index (Phi) is 4.81. The number of amides is 1. The maximum Gasteiger partial charge on any atom is 0.234 e. The number of thiophene rings is 1. The topological polar surface area (TPSA) is 63.1 Å². The van der Waals surface area contributed by atoms with Crippen LogP contribution in [0.2, 0.25) is 0 Å². The van der Waals surface area contributed by atoms with Gasteiger partial charge in [-0.25, -0.2) is 4.68 Å². The minimum absolute atomic E-state index is 0.0189. The monoisotopic (exact) mass is 367 g/mol. The predicted molar refractivity (Wildman–Crippen MR) is 101 cm³/mol. The Bertz CT molecular complexity index is 888. The molecule has 134 valence electrons. The van der Waals surface area contributed by atoms with Crippen molar-refractivity contribution in [3.05, 3.63) is 64.1 Å². The van der Waals surface area contributed by atoms with Crippen molar-refractivity contribution in [2.75, 3.05) is 13.1 Å². The van der Waals surface area contributed by atoms with E-state index in [0.29, 0.717) is 6.54 Å². The highest BCUT2D eigenvalue weighted by molar-refractivity contribution is 7.10. The highest BCUT2D eigenvalue weighted by Gasteiger charge is 2.20. The first kappa shape index (κ1) is 16.9. The van der Waals surface area contributed by atoms with E-state index in [-0.39, 0.29) is 11.9 Å². The molecule has 0 saturated heterocycles. The van der Waals surface area contributed by atoms with Gasteiger partial charge in [0.15, 0.2) is 0 Å². The van der Waals surface area contributed by atoms with Crippen molar-refractivity contribution >= 4 is 17.2 Å².